The second-order valence-electron chi connectivity index (χ2n) is 2.90. The van der Waals surface area contributed by atoms with E-state index in [0.717, 1.165) is 17.1 Å². The third-order valence-corrected chi connectivity index (χ3v) is 2.49. The number of allylic oxidation sites excluding steroid dienone is 1. The van der Waals surface area contributed by atoms with Gasteiger partial charge in [-0.15, -0.1) is 11.3 Å². The molecule has 1 aromatic heterocycles. The summed E-state index contributed by atoms with van der Waals surface area (Å²) >= 11 is 1.64. The maximum atomic E-state index is 11.0. The van der Waals surface area contributed by atoms with Crippen LogP contribution in [0.1, 0.15) is 17.6 Å². The van der Waals surface area contributed by atoms with Gasteiger partial charge in [0.15, 0.2) is 0 Å². The monoisotopic (exact) mass is 210 g/mol. The van der Waals surface area contributed by atoms with E-state index in [4.69, 9.17) is 0 Å². The predicted molar refractivity (Wildman–Crippen MR) is 58.4 cm³/mol. The Morgan fingerprint density at radius 2 is 2.50 bits per heavy atom. The van der Waals surface area contributed by atoms with Gasteiger partial charge >= 0.3 is 0 Å². The average molecular weight is 210 g/mol. The molecule has 14 heavy (non-hydrogen) atoms. The molecule has 1 rings (SSSR count). The molecule has 76 valence electrons. The molecule has 0 saturated heterocycles. The predicted octanol–water partition coefficient (Wildman–Crippen LogP) is 1.69. The normalized spacial score (nSPS) is 10.7. The third-order valence-electron chi connectivity index (χ3n) is 1.66. The van der Waals surface area contributed by atoms with Gasteiger partial charge in [-0.2, -0.15) is 0 Å². The lowest BCUT2D eigenvalue weighted by molar-refractivity contribution is -0.116. The molecule has 0 radical (unpaired) electrons. The van der Waals surface area contributed by atoms with Crippen molar-refractivity contribution >= 4 is 17.2 Å². The minimum Gasteiger partial charge on any atom is -0.352 e. The number of hydrogen-bond acceptors (Lipinski definition) is 3. The van der Waals surface area contributed by atoms with E-state index < -0.39 is 0 Å². The fourth-order valence-electron chi connectivity index (χ4n) is 1.05. The van der Waals surface area contributed by atoms with Crippen molar-refractivity contribution in [2.45, 2.75) is 20.3 Å². The van der Waals surface area contributed by atoms with Gasteiger partial charge in [0.05, 0.1) is 10.7 Å². The van der Waals surface area contributed by atoms with Crippen LogP contribution in [-0.4, -0.2) is 17.4 Å². The molecule has 0 atom stereocenters. The van der Waals surface area contributed by atoms with Gasteiger partial charge in [0.25, 0.3) is 0 Å². The maximum absolute atomic E-state index is 11.0. The fourth-order valence-corrected chi connectivity index (χ4v) is 1.69. The Morgan fingerprint density at radius 3 is 3.07 bits per heavy atom. The highest BCUT2D eigenvalue weighted by atomic mass is 32.1. The molecule has 0 spiro atoms. The number of aromatic nitrogens is 1. The molecule has 0 aliphatic heterocycles. The van der Waals surface area contributed by atoms with Crippen LogP contribution in [0.25, 0.3) is 0 Å². The first kappa shape index (κ1) is 10.9. The molecule has 0 saturated carbocycles. The third kappa shape index (κ3) is 3.70. The highest BCUT2D eigenvalue weighted by molar-refractivity contribution is 7.09. The molecule has 3 nitrogen and oxygen atoms in total. The molecule has 1 N–H and O–H groups in total. The van der Waals surface area contributed by atoms with Crippen molar-refractivity contribution < 1.29 is 4.79 Å². The van der Waals surface area contributed by atoms with Crippen molar-refractivity contribution in [1.82, 2.24) is 10.3 Å². The Labute approximate surface area is 87.9 Å². The Morgan fingerprint density at radius 1 is 1.71 bits per heavy atom. The summed E-state index contributed by atoms with van der Waals surface area (Å²) in [4.78, 5) is 15.3. The Kier molecular flexibility index (Phi) is 4.32. The second-order valence-corrected chi connectivity index (χ2v) is 3.96. The van der Waals surface area contributed by atoms with Gasteiger partial charge in [0, 0.05) is 18.3 Å². The van der Waals surface area contributed by atoms with Crippen LogP contribution in [0.4, 0.5) is 0 Å². The molecule has 4 heteroatoms. The number of carbonyl (C=O) groups excluding carboxylic acids is 1. The SMILES string of the molecule is C/C=C/C(=O)NCCc1csc(C)n1. The van der Waals surface area contributed by atoms with Crippen molar-refractivity contribution in [3.05, 3.63) is 28.2 Å². The second kappa shape index (κ2) is 5.54. The quantitative estimate of drug-likeness (QED) is 0.768. The van der Waals surface area contributed by atoms with E-state index in [0.29, 0.717) is 6.54 Å². The standard InChI is InChI=1S/C10H14N2OS/c1-3-4-10(13)11-6-5-9-7-14-8(2)12-9/h3-4,7H,5-6H2,1-2H3,(H,11,13)/b4-3+. The number of hydrogen-bond donors (Lipinski definition) is 1. The lowest BCUT2D eigenvalue weighted by Gasteiger charge is -1.98. The Bertz CT molecular complexity index is 331. The van der Waals surface area contributed by atoms with E-state index >= 15 is 0 Å². The van der Waals surface area contributed by atoms with Crippen molar-refractivity contribution in [2.75, 3.05) is 6.54 Å². The number of thiazole rings is 1. The average Bonchev–Trinajstić information content (AvgIpc) is 2.52. The van der Waals surface area contributed by atoms with Crippen LogP contribution in [0.5, 0.6) is 0 Å². The van der Waals surface area contributed by atoms with E-state index in [-0.39, 0.29) is 5.91 Å². The van der Waals surface area contributed by atoms with Gasteiger partial charge in [0.1, 0.15) is 0 Å². The van der Waals surface area contributed by atoms with Gasteiger partial charge in [-0.25, -0.2) is 4.98 Å². The molecule has 0 aliphatic carbocycles. The van der Waals surface area contributed by atoms with Crippen LogP contribution < -0.4 is 5.32 Å². The number of nitrogens with one attached hydrogen (secondary N) is 1. The lowest BCUT2D eigenvalue weighted by Crippen LogP contribution is -2.23. The summed E-state index contributed by atoms with van der Waals surface area (Å²) in [6.45, 7) is 4.45. The summed E-state index contributed by atoms with van der Waals surface area (Å²) in [6.07, 6.45) is 4.04. The number of amides is 1. The number of nitrogens with zero attached hydrogens (tertiary/aromatic N) is 1. The summed E-state index contributed by atoms with van der Waals surface area (Å²) in [5, 5.41) is 5.87. The molecule has 0 aliphatic rings. The van der Waals surface area contributed by atoms with Gasteiger partial charge in [-0.3, -0.25) is 4.79 Å². The smallest absolute Gasteiger partial charge is 0.243 e. The largest absolute Gasteiger partial charge is 0.352 e. The zero-order valence-electron chi connectivity index (χ0n) is 8.41. The van der Waals surface area contributed by atoms with Gasteiger partial charge < -0.3 is 5.32 Å². The molecule has 0 bridgehead atoms. The first-order valence-corrected chi connectivity index (χ1v) is 5.42. The molecule has 0 fully saturated rings. The molecular weight excluding hydrogens is 196 g/mol. The molecule has 0 unspecified atom stereocenters. The minimum absolute atomic E-state index is 0.0422. The van der Waals surface area contributed by atoms with E-state index in [1.807, 2.05) is 19.2 Å². The van der Waals surface area contributed by atoms with Crippen molar-refractivity contribution in [3.63, 3.8) is 0 Å². The van der Waals surface area contributed by atoms with E-state index in [1.165, 1.54) is 6.08 Å². The maximum Gasteiger partial charge on any atom is 0.243 e. The molecule has 0 aromatic carbocycles. The Hall–Kier alpha value is -1.16. The topological polar surface area (TPSA) is 42.0 Å². The van der Waals surface area contributed by atoms with Crippen LogP contribution >= 0.6 is 11.3 Å². The van der Waals surface area contributed by atoms with Gasteiger partial charge in [-0.05, 0) is 19.9 Å². The highest BCUT2D eigenvalue weighted by Gasteiger charge is 1.98. The molecule has 1 aromatic rings. The van der Waals surface area contributed by atoms with Crippen molar-refractivity contribution in [1.29, 1.82) is 0 Å². The Balaban J connectivity index is 2.25. The number of aryl methyl sites for hydroxylation is 1. The van der Waals surface area contributed by atoms with Crippen molar-refractivity contribution in [2.24, 2.45) is 0 Å². The van der Waals surface area contributed by atoms with Crippen LogP contribution in [0, 0.1) is 6.92 Å². The van der Waals surface area contributed by atoms with Crippen LogP contribution in [0.3, 0.4) is 0 Å². The van der Waals surface area contributed by atoms with Gasteiger partial charge in [0.2, 0.25) is 5.91 Å². The zero-order valence-corrected chi connectivity index (χ0v) is 9.23. The first-order chi connectivity index (χ1) is 6.72. The molecule has 1 heterocycles. The lowest BCUT2D eigenvalue weighted by atomic mass is 10.3. The van der Waals surface area contributed by atoms with Crippen LogP contribution in [0.2, 0.25) is 0 Å². The summed E-state index contributed by atoms with van der Waals surface area (Å²) < 4.78 is 0. The van der Waals surface area contributed by atoms with Crippen LogP contribution in [-0.2, 0) is 11.2 Å². The molecular formula is C10H14N2OS. The van der Waals surface area contributed by atoms with E-state index in [9.17, 15) is 4.79 Å². The summed E-state index contributed by atoms with van der Waals surface area (Å²) in [5.74, 6) is -0.0422. The fraction of sp³-hybridized carbons (Fsp3) is 0.400. The van der Waals surface area contributed by atoms with Crippen LogP contribution in [0.15, 0.2) is 17.5 Å². The number of rotatable bonds is 4. The summed E-state index contributed by atoms with van der Waals surface area (Å²) in [6, 6.07) is 0. The summed E-state index contributed by atoms with van der Waals surface area (Å²) in [7, 11) is 0. The van der Waals surface area contributed by atoms with E-state index in [2.05, 4.69) is 10.3 Å². The van der Waals surface area contributed by atoms with E-state index in [1.54, 1.807) is 17.4 Å². The van der Waals surface area contributed by atoms with Gasteiger partial charge in [-0.1, -0.05) is 6.08 Å². The highest BCUT2D eigenvalue weighted by Crippen LogP contribution is 2.07. The first-order valence-electron chi connectivity index (χ1n) is 4.54. The zero-order chi connectivity index (χ0) is 10.4. The molecule has 1 amide bonds. The minimum atomic E-state index is -0.0422. The number of carbonyl (C=O) groups is 1. The summed E-state index contributed by atoms with van der Waals surface area (Å²) in [5.41, 5.74) is 1.05. The van der Waals surface area contributed by atoms with Crippen molar-refractivity contribution in [3.8, 4) is 0 Å².